The Morgan fingerprint density at radius 1 is 0.981 bits per heavy atom. The van der Waals surface area contributed by atoms with Gasteiger partial charge in [0, 0.05) is 6.61 Å². The van der Waals surface area contributed by atoms with Crippen molar-refractivity contribution in [1.29, 1.82) is 5.26 Å². The second-order valence-electron chi connectivity index (χ2n) is 14.2. The normalized spacial score (nSPS) is 25.2. The summed E-state index contributed by atoms with van der Waals surface area (Å²) in [4.78, 5) is 14.6. The zero-order chi connectivity index (χ0) is 37.7. The van der Waals surface area contributed by atoms with Gasteiger partial charge in [0.05, 0.1) is 25.5 Å². The number of ether oxygens (including phenoxy) is 3. The van der Waals surface area contributed by atoms with Crippen LogP contribution >= 0.6 is 7.82 Å². The smallest absolute Gasteiger partial charge is 0.387 e. The van der Waals surface area contributed by atoms with Gasteiger partial charge in [0.25, 0.3) is 0 Å². The molecule has 14 nitrogen and oxygen atoms in total. The lowest BCUT2D eigenvalue weighted by molar-refractivity contribution is -0.0795. The van der Waals surface area contributed by atoms with Gasteiger partial charge in [-0.2, -0.15) is 10.4 Å². The molecule has 0 spiro atoms. The molecule has 5 rings (SSSR count). The number of fused-ring (bicyclic) bond motifs is 2. The average molecular weight is 758 g/mol. The average Bonchev–Trinajstić information content (AvgIpc) is 3.39. The Hall–Kier alpha value is -2.96. The Balaban J connectivity index is 1.04. The molecule has 2 aliphatic rings. The Kier molecular flexibility index (Phi) is 15.2. The lowest BCUT2D eigenvalue weighted by atomic mass is 10.0. The van der Waals surface area contributed by atoms with Crippen LogP contribution in [0.25, 0.3) is 5.52 Å². The number of aliphatic hydroxyl groups is 2. The summed E-state index contributed by atoms with van der Waals surface area (Å²) in [6.45, 7) is 2.74. The molecule has 2 fully saturated rings. The van der Waals surface area contributed by atoms with Crippen molar-refractivity contribution in [2.24, 2.45) is 0 Å². The summed E-state index contributed by atoms with van der Waals surface area (Å²) >= 11 is 0. The highest BCUT2D eigenvalue weighted by molar-refractivity contribution is 7.47. The van der Waals surface area contributed by atoms with Gasteiger partial charge >= 0.3 is 7.82 Å². The number of nitrogen functional groups attached to an aromatic ring is 1. The molecule has 1 aliphatic carbocycles. The number of nitrogens with two attached hydrogens (primary N) is 1. The Bertz CT molecular complexity index is 1660. The van der Waals surface area contributed by atoms with E-state index in [1.54, 1.807) is 12.1 Å². The quantitative estimate of drug-likeness (QED) is 0.0522. The molecule has 1 aliphatic heterocycles. The van der Waals surface area contributed by atoms with Crippen LogP contribution in [0.4, 0.5) is 5.82 Å². The number of nitrogens with zero attached hydrogens (tertiary/aromatic N) is 4. The number of aromatic nitrogens is 3. The minimum absolute atomic E-state index is 0.115. The third-order valence-electron chi connectivity index (χ3n) is 10.2. The third-order valence-corrected chi connectivity index (χ3v) is 11.2. The van der Waals surface area contributed by atoms with E-state index in [9.17, 15) is 24.9 Å². The highest BCUT2D eigenvalue weighted by Gasteiger charge is 2.90. The van der Waals surface area contributed by atoms with E-state index in [2.05, 4.69) is 17.0 Å². The van der Waals surface area contributed by atoms with E-state index in [0.29, 0.717) is 17.8 Å². The molecule has 15 heteroatoms. The summed E-state index contributed by atoms with van der Waals surface area (Å²) < 4.78 is 42.9. The second kappa shape index (κ2) is 19.6. The predicted molar refractivity (Wildman–Crippen MR) is 197 cm³/mol. The highest BCUT2D eigenvalue weighted by atomic mass is 31.2. The largest absolute Gasteiger partial charge is 0.472 e. The SMILES string of the molecule is CCCCCCCCCCCCCCCCOC[C@@H](COP(=O)(O)OC1[C@@]2(C#N)O[C@@H](c3ccc4c(N)ncnn34)[C@H](O)[C@@]12O)OCc1ccccc1. The minimum Gasteiger partial charge on any atom is -0.387 e. The first-order valence-corrected chi connectivity index (χ1v) is 20.6. The predicted octanol–water partition coefficient (Wildman–Crippen LogP) is 6.34. The maximum absolute atomic E-state index is 13.1. The molecule has 1 saturated heterocycles. The topological polar surface area (TPSA) is 204 Å². The van der Waals surface area contributed by atoms with Gasteiger partial charge in [-0.15, -0.1) is 0 Å². The van der Waals surface area contributed by atoms with E-state index in [0.717, 1.165) is 24.8 Å². The summed E-state index contributed by atoms with van der Waals surface area (Å²) in [6, 6.07) is 14.5. The van der Waals surface area contributed by atoms with Crippen LogP contribution in [0.5, 0.6) is 0 Å². The fraction of sp³-hybridized carbons (Fsp3) is 0.658. The monoisotopic (exact) mass is 757 g/mol. The van der Waals surface area contributed by atoms with Gasteiger partial charge in [0.15, 0.2) is 17.5 Å². The van der Waals surface area contributed by atoms with Crippen LogP contribution in [0.1, 0.15) is 114 Å². The zero-order valence-electron chi connectivity index (χ0n) is 30.8. The van der Waals surface area contributed by atoms with Gasteiger partial charge in [-0.1, -0.05) is 121 Å². The lowest BCUT2D eigenvalue weighted by Crippen LogP contribution is -2.35. The van der Waals surface area contributed by atoms with Gasteiger partial charge in [-0.25, -0.2) is 14.1 Å². The first-order chi connectivity index (χ1) is 25.7. The molecule has 53 heavy (non-hydrogen) atoms. The minimum atomic E-state index is -4.90. The van der Waals surface area contributed by atoms with Crippen molar-refractivity contribution in [3.05, 3.63) is 60.0 Å². The highest BCUT2D eigenvalue weighted by Crippen LogP contribution is 2.68. The van der Waals surface area contributed by atoms with E-state index in [1.165, 1.54) is 81.5 Å². The van der Waals surface area contributed by atoms with Crippen molar-refractivity contribution >= 4 is 19.2 Å². The van der Waals surface area contributed by atoms with Gasteiger partial charge in [0.2, 0.25) is 5.60 Å². The van der Waals surface area contributed by atoms with Crippen LogP contribution < -0.4 is 5.73 Å². The fourth-order valence-corrected chi connectivity index (χ4v) is 8.07. The van der Waals surface area contributed by atoms with Crippen LogP contribution in [0.15, 0.2) is 48.8 Å². The van der Waals surface area contributed by atoms with E-state index < -0.39 is 43.4 Å². The van der Waals surface area contributed by atoms with Crippen LogP contribution in [0.2, 0.25) is 0 Å². The van der Waals surface area contributed by atoms with Gasteiger partial charge < -0.3 is 35.1 Å². The molecule has 0 amide bonds. The molecule has 292 valence electrons. The first-order valence-electron chi connectivity index (χ1n) is 19.1. The van der Waals surface area contributed by atoms with Gasteiger partial charge in [0.1, 0.15) is 36.2 Å². The molecule has 2 aromatic heterocycles. The van der Waals surface area contributed by atoms with Crippen molar-refractivity contribution < 1.29 is 42.9 Å². The van der Waals surface area contributed by atoms with Crippen LogP contribution in [0, 0.1) is 11.3 Å². The molecule has 2 unspecified atom stereocenters. The van der Waals surface area contributed by atoms with E-state index in [-0.39, 0.29) is 25.6 Å². The maximum Gasteiger partial charge on any atom is 0.472 e. The van der Waals surface area contributed by atoms with Crippen LogP contribution in [-0.4, -0.2) is 79.0 Å². The standard InChI is InChI=1S/C38H56N5O9P/c1-2-3-4-5-6-7-8-9-10-11-12-13-14-18-23-48-25-30(49-24-29-19-16-15-17-20-29)26-50-53(46,47)52-36-37(27-39)38(36,45)34(44)33(51-37)31-21-22-32-35(40)41-28-42-43(31)32/h15-17,19-22,28,30,33-34,36,44-45H,2-14,18,23-26H2,1H3,(H,46,47)(H2,40,41,42)/t30-,33-,34-,36?,37+,38+/m0/s1. The summed E-state index contributed by atoms with van der Waals surface area (Å²) in [7, 11) is -4.90. The molecule has 3 heterocycles. The molecule has 3 aromatic rings. The van der Waals surface area contributed by atoms with Crippen molar-refractivity contribution in [2.45, 2.75) is 139 Å². The number of aliphatic hydroxyl groups excluding tert-OH is 1. The Morgan fingerprint density at radius 3 is 2.25 bits per heavy atom. The number of nitriles is 1. The van der Waals surface area contributed by atoms with E-state index >= 15 is 0 Å². The molecule has 5 N–H and O–H groups in total. The molecule has 1 aromatic carbocycles. The number of anilines is 1. The third kappa shape index (κ3) is 10.2. The number of hydrogen-bond acceptors (Lipinski definition) is 12. The summed E-state index contributed by atoms with van der Waals surface area (Å²) in [5, 5.41) is 36.7. The lowest BCUT2D eigenvalue weighted by Gasteiger charge is -2.24. The Labute approximate surface area is 312 Å². The number of rotatable bonds is 26. The maximum atomic E-state index is 13.1. The van der Waals surface area contributed by atoms with Crippen molar-refractivity contribution in [3.8, 4) is 6.07 Å². The molecular weight excluding hydrogens is 701 g/mol. The van der Waals surface area contributed by atoms with Crippen molar-refractivity contribution in [3.63, 3.8) is 0 Å². The van der Waals surface area contributed by atoms with Gasteiger partial charge in [-0.05, 0) is 24.1 Å². The van der Waals surface area contributed by atoms with Crippen molar-refractivity contribution in [2.75, 3.05) is 25.6 Å². The number of unbranched alkanes of at least 4 members (excludes halogenated alkanes) is 13. The van der Waals surface area contributed by atoms with E-state index in [4.69, 9.17) is 29.0 Å². The van der Waals surface area contributed by atoms with Crippen molar-refractivity contribution in [1.82, 2.24) is 14.6 Å². The summed E-state index contributed by atoms with van der Waals surface area (Å²) in [6.07, 6.45) is 13.6. The van der Waals surface area contributed by atoms with Crippen LogP contribution in [-0.2, 0) is 34.4 Å². The molecule has 7 atom stereocenters. The molecule has 0 bridgehead atoms. The number of phosphoric ester groups is 1. The number of benzene rings is 1. The van der Waals surface area contributed by atoms with Gasteiger partial charge in [-0.3, -0.25) is 9.05 Å². The van der Waals surface area contributed by atoms with E-state index in [1.807, 2.05) is 36.4 Å². The number of phosphoric acid groups is 1. The molecule has 1 saturated carbocycles. The second-order valence-corrected chi connectivity index (χ2v) is 15.6. The molecule has 0 radical (unpaired) electrons. The summed E-state index contributed by atoms with van der Waals surface area (Å²) in [5.41, 5.74) is 3.08. The Morgan fingerprint density at radius 2 is 1.62 bits per heavy atom. The number of hydrogen-bond donors (Lipinski definition) is 4. The van der Waals surface area contributed by atoms with Crippen LogP contribution in [0.3, 0.4) is 0 Å². The summed E-state index contributed by atoms with van der Waals surface area (Å²) in [5.74, 6) is 0.184. The fourth-order valence-electron chi connectivity index (χ4n) is 7.07. The first kappa shape index (κ1) is 41.2. The zero-order valence-corrected chi connectivity index (χ0v) is 31.7. The molecular formula is C38H56N5O9P.